The Bertz CT molecular complexity index is 458. The number of aliphatic hydroxyl groups is 1. The molecule has 0 radical (unpaired) electrons. The molecular formula is C19H30O2. The van der Waals surface area contributed by atoms with Crippen LogP contribution in [-0.2, 0) is 4.79 Å². The summed E-state index contributed by atoms with van der Waals surface area (Å²) in [6.45, 7) is 4.75. The first-order valence-corrected chi connectivity index (χ1v) is 9.17. The molecule has 0 aromatic heterocycles. The zero-order chi connectivity index (χ0) is 14.8. The molecule has 2 heteroatoms. The molecular weight excluding hydrogens is 260 g/mol. The van der Waals surface area contributed by atoms with Gasteiger partial charge in [-0.15, -0.1) is 0 Å². The zero-order valence-electron chi connectivity index (χ0n) is 13.6. The predicted octanol–water partition coefficient (Wildman–Crippen LogP) is 3.96. The molecule has 0 bridgehead atoms. The van der Waals surface area contributed by atoms with Gasteiger partial charge in [-0.05, 0) is 67.1 Å². The van der Waals surface area contributed by atoms with Gasteiger partial charge in [0.25, 0.3) is 0 Å². The number of hydrogen-bond donors (Lipinski definition) is 1. The maximum Gasteiger partial charge on any atom is 0.136 e. The first-order chi connectivity index (χ1) is 9.97. The third-order valence-corrected chi connectivity index (χ3v) is 8.34. The van der Waals surface area contributed by atoms with Crippen LogP contribution in [0.4, 0.5) is 0 Å². The molecule has 0 spiro atoms. The lowest BCUT2D eigenvalue weighted by atomic mass is 9.45. The van der Waals surface area contributed by atoms with Crippen LogP contribution in [0.2, 0.25) is 0 Å². The van der Waals surface area contributed by atoms with E-state index in [1.54, 1.807) is 0 Å². The Morgan fingerprint density at radius 1 is 0.952 bits per heavy atom. The maximum absolute atomic E-state index is 12.9. The molecule has 0 heterocycles. The summed E-state index contributed by atoms with van der Waals surface area (Å²) >= 11 is 0. The van der Waals surface area contributed by atoms with Crippen LogP contribution in [0.5, 0.6) is 0 Å². The fourth-order valence-electron chi connectivity index (χ4n) is 6.93. The Morgan fingerprint density at radius 3 is 2.52 bits per heavy atom. The minimum Gasteiger partial charge on any atom is -0.393 e. The molecule has 4 aliphatic carbocycles. The normalized spacial score (nSPS) is 56.5. The van der Waals surface area contributed by atoms with Crippen LogP contribution in [0.15, 0.2) is 0 Å². The molecule has 4 rings (SSSR count). The van der Waals surface area contributed by atoms with E-state index in [4.69, 9.17) is 0 Å². The van der Waals surface area contributed by atoms with Crippen molar-refractivity contribution in [1.82, 2.24) is 0 Å². The lowest BCUT2D eigenvalue weighted by molar-refractivity contribution is -0.157. The second-order valence-corrected chi connectivity index (χ2v) is 9.00. The number of aliphatic hydroxyl groups excluding tert-OH is 1. The molecule has 118 valence electrons. The largest absolute Gasteiger partial charge is 0.393 e. The van der Waals surface area contributed by atoms with E-state index in [1.165, 1.54) is 32.1 Å². The number of rotatable bonds is 0. The van der Waals surface area contributed by atoms with E-state index in [0.717, 1.165) is 25.7 Å². The number of carbonyl (C=O) groups is 1. The summed E-state index contributed by atoms with van der Waals surface area (Å²) < 4.78 is 0. The van der Waals surface area contributed by atoms with Gasteiger partial charge >= 0.3 is 0 Å². The van der Waals surface area contributed by atoms with Crippen molar-refractivity contribution in [2.24, 2.45) is 34.5 Å². The molecule has 0 aromatic rings. The topological polar surface area (TPSA) is 37.3 Å². The highest BCUT2D eigenvalue weighted by molar-refractivity contribution is 5.83. The van der Waals surface area contributed by atoms with Gasteiger partial charge in [0, 0.05) is 12.3 Å². The highest BCUT2D eigenvalue weighted by Gasteiger charge is 2.61. The Kier molecular flexibility index (Phi) is 3.10. The highest BCUT2D eigenvalue weighted by Crippen LogP contribution is 2.65. The minimum atomic E-state index is -0.173. The lowest BCUT2D eigenvalue weighted by Gasteiger charge is -2.59. The van der Waals surface area contributed by atoms with E-state index in [1.807, 2.05) is 0 Å². The van der Waals surface area contributed by atoms with Crippen molar-refractivity contribution in [3.05, 3.63) is 0 Å². The van der Waals surface area contributed by atoms with Crippen molar-refractivity contribution in [2.45, 2.75) is 77.7 Å². The van der Waals surface area contributed by atoms with Gasteiger partial charge in [0.05, 0.1) is 6.10 Å². The third-order valence-electron chi connectivity index (χ3n) is 8.34. The van der Waals surface area contributed by atoms with Crippen LogP contribution < -0.4 is 0 Å². The molecule has 4 aliphatic rings. The smallest absolute Gasteiger partial charge is 0.136 e. The van der Waals surface area contributed by atoms with Gasteiger partial charge in [0.1, 0.15) is 5.78 Å². The van der Waals surface area contributed by atoms with Crippen molar-refractivity contribution >= 4 is 5.78 Å². The molecule has 7 atom stereocenters. The maximum atomic E-state index is 12.9. The number of fused-ring (bicyclic) bond motifs is 5. The summed E-state index contributed by atoms with van der Waals surface area (Å²) in [5.41, 5.74) is 0.431. The van der Waals surface area contributed by atoms with E-state index < -0.39 is 0 Å². The molecule has 21 heavy (non-hydrogen) atoms. The summed E-state index contributed by atoms with van der Waals surface area (Å²) in [5, 5.41) is 10.4. The van der Waals surface area contributed by atoms with Crippen molar-refractivity contribution in [3.8, 4) is 0 Å². The van der Waals surface area contributed by atoms with Crippen LogP contribution in [0.25, 0.3) is 0 Å². The summed E-state index contributed by atoms with van der Waals surface area (Å²) in [7, 11) is 0. The predicted molar refractivity (Wildman–Crippen MR) is 82.7 cm³/mol. The van der Waals surface area contributed by atoms with Gasteiger partial charge in [-0.25, -0.2) is 0 Å². The van der Waals surface area contributed by atoms with Gasteiger partial charge < -0.3 is 5.11 Å². The fourth-order valence-corrected chi connectivity index (χ4v) is 6.93. The Morgan fingerprint density at radius 2 is 1.71 bits per heavy atom. The Hall–Kier alpha value is -0.370. The van der Waals surface area contributed by atoms with Gasteiger partial charge in [0.2, 0.25) is 0 Å². The highest BCUT2D eigenvalue weighted by atomic mass is 16.3. The van der Waals surface area contributed by atoms with Crippen LogP contribution in [0.3, 0.4) is 0 Å². The first-order valence-electron chi connectivity index (χ1n) is 9.17. The van der Waals surface area contributed by atoms with E-state index in [2.05, 4.69) is 13.8 Å². The SMILES string of the molecule is C[C@]12CCCCC1CC(=O)[C@@H]1[C@H]2CC[C@]2(C)C(O)CC[C@@H]12. The first kappa shape index (κ1) is 14.2. The van der Waals surface area contributed by atoms with E-state index in [0.29, 0.717) is 29.0 Å². The molecule has 0 aliphatic heterocycles. The van der Waals surface area contributed by atoms with Crippen molar-refractivity contribution in [1.29, 1.82) is 0 Å². The molecule has 4 fully saturated rings. The third kappa shape index (κ3) is 1.77. The summed E-state index contributed by atoms with van der Waals surface area (Å²) in [5.74, 6) is 2.52. The molecule has 2 nitrogen and oxygen atoms in total. The molecule has 0 saturated heterocycles. The number of hydrogen-bond acceptors (Lipinski definition) is 2. The number of Topliss-reactive ketones (excluding diaryl/α,β-unsaturated/α-hetero) is 1. The van der Waals surface area contributed by atoms with Gasteiger partial charge in [-0.2, -0.15) is 0 Å². The standard InChI is InChI=1S/C19H30O2/c1-18-9-4-3-5-12(18)11-15(20)17-13-6-7-16(21)19(13,2)10-8-14(17)18/h12-14,16-17,21H,3-11H2,1-2H3/t12?,13-,14+,16?,17-,18-,19-/m0/s1. The van der Waals surface area contributed by atoms with Crippen molar-refractivity contribution in [3.63, 3.8) is 0 Å². The van der Waals surface area contributed by atoms with Crippen LogP contribution in [-0.4, -0.2) is 17.0 Å². The molecule has 0 aromatic carbocycles. The molecule has 4 saturated carbocycles. The fraction of sp³-hybridized carbons (Fsp3) is 0.947. The quantitative estimate of drug-likeness (QED) is 0.733. The molecule has 1 N–H and O–H groups in total. The van der Waals surface area contributed by atoms with Crippen molar-refractivity contribution in [2.75, 3.05) is 0 Å². The average Bonchev–Trinajstić information content (AvgIpc) is 2.76. The number of ketones is 1. The van der Waals surface area contributed by atoms with E-state index in [-0.39, 0.29) is 17.4 Å². The van der Waals surface area contributed by atoms with Gasteiger partial charge in [-0.3, -0.25) is 4.79 Å². The summed E-state index contributed by atoms with van der Waals surface area (Å²) in [6, 6.07) is 0. The lowest BCUT2D eigenvalue weighted by Crippen LogP contribution is -2.56. The summed E-state index contributed by atoms with van der Waals surface area (Å²) in [4.78, 5) is 12.9. The molecule has 0 amide bonds. The minimum absolute atomic E-state index is 0.0225. The van der Waals surface area contributed by atoms with Crippen molar-refractivity contribution < 1.29 is 9.90 Å². The van der Waals surface area contributed by atoms with E-state index in [9.17, 15) is 9.90 Å². The molecule has 2 unspecified atom stereocenters. The van der Waals surface area contributed by atoms with Crippen LogP contribution in [0.1, 0.15) is 71.6 Å². The second kappa shape index (κ2) is 4.57. The van der Waals surface area contributed by atoms with Crippen LogP contribution >= 0.6 is 0 Å². The zero-order valence-corrected chi connectivity index (χ0v) is 13.6. The average molecular weight is 290 g/mol. The van der Waals surface area contributed by atoms with Crippen LogP contribution in [0, 0.1) is 34.5 Å². The Labute approximate surface area is 128 Å². The van der Waals surface area contributed by atoms with Gasteiger partial charge in [-0.1, -0.05) is 26.7 Å². The number of carbonyl (C=O) groups excluding carboxylic acids is 1. The second-order valence-electron chi connectivity index (χ2n) is 9.00. The Balaban J connectivity index is 1.71. The van der Waals surface area contributed by atoms with E-state index >= 15 is 0 Å². The van der Waals surface area contributed by atoms with Gasteiger partial charge in [0.15, 0.2) is 0 Å². The summed E-state index contributed by atoms with van der Waals surface area (Å²) in [6.07, 6.45) is 10.2. The monoisotopic (exact) mass is 290 g/mol.